The van der Waals surface area contributed by atoms with E-state index in [2.05, 4.69) is 0 Å². The number of ether oxygens (including phenoxy) is 1. The molecule has 1 aliphatic heterocycles. The Balaban J connectivity index is 1.82. The number of carbonyl (C=O) groups excluding carboxylic acids is 1. The normalized spacial score (nSPS) is 19.8. The minimum absolute atomic E-state index is 0.0351. The summed E-state index contributed by atoms with van der Waals surface area (Å²) < 4.78 is 6.63. The first-order valence-electron chi connectivity index (χ1n) is 6.37. The first-order chi connectivity index (χ1) is 9.28. The fourth-order valence-electron chi connectivity index (χ4n) is 2.29. The molecule has 2 N–H and O–H groups in total. The Morgan fingerprint density at radius 3 is 3.11 bits per heavy atom. The zero-order chi connectivity index (χ0) is 13.2. The second-order valence-electron chi connectivity index (χ2n) is 4.63. The SMILES string of the molecule is NCC1CN(C(=O)c2cc3ccccc3s2)CCO1. The number of nitrogens with two attached hydrogens (primary N) is 1. The van der Waals surface area contributed by atoms with Crippen molar-refractivity contribution in [3.05, 3.63) is 35.2 Å². The number of thiophene rings is 1. The molecular weight excluding hydrogens is 260 g/mol. The molecule has 1 saturated heterocycles. The first-order valence-corrected chi connectivity index (χ1v) is 7.19. The maximum absolute atomic E-state index is 12.5. The summed E-state index contributed by atoms with van der Waals surface area (Å²) in [5.74, 6) is 0.0861. The van der Waals surface area contributed by atoms with E-state index in [1.165, 1.54) is 0 Å². The average Bonchev–Trinajstić information content (AvgIpc) is 2.90. The first kappa shape index (κ1) is 12.6. The predicted octanol–water partition coefficient (Wildman–Crippen LogP) is 1.70. The third kappa shape index (κ3) is 2.49. The molecule has 100 valence electrons. The summed E-state index contributed by atoms with van der Waals surface area (Å²) >= 11 is 1.54. The van der Waals surface area contributed by atoms with Gasteiger partial charge in [0.05, 0.1) is 17.6 Å². The Bertz CT molecular complexity index is 563. The highest BCUT2D eigenvalue weighted by atomic mass is 32.1. The lowest BCUT2D eigenvalue weighted by atomic mass is 10.2. The number of hydrogen-bond acceptors (Lipinski definition) is 4. The molecule has 1 unspecified atom stereocenters. The Hall–Kier alpha value is -1.43. The van der Waals surface area contributed by atoms with Gasteiger partial charge < -0.3 is 15.4 Å². The zero-order valence-corrected chi connectivity index (χ0v) is 11.4. The molecule has 1 aromatic carbocycles. The number of carbonyl (C=O) groups is 1. The van der Waals surface area contributed by atoms with Crippen molar-refractivity contribution in [2.45, 2.75) is 6.10 Å². The standard InChI is InChI=1S/C14H16N2O2S/c15-8-11-9-16(5-6-18-11)14(17)13-7-10-3-1-2-4-12(10)19-13/h1-4,7,11H,5-6,8-9,15H2. The van der Waals surface area contributed by atoms with Crippen molar-refractivity contribution < 1.29 is 9.53 Å². The molecule has 1 amide bonds. The summed E-state index contributed by atoms with van der Waals surface area (Å²) in [7, 11) is 0. The van der Waals surface area contributed by atoms with Gasteiger partial charge in [-0.3, -0.25) is 4.79 Å². The third-order valence-electron chi connectivity index (χ3n) is 3.33. The minimum atomic E-state index is -0.0351. The van der Waals surface area contributed by atoms with Gasteiger partial charge in [-0.2, -0.15) is 0 Å². The van der Waals surface area contributed by atoms with Crippen LogP contribution in [-0.4, -0.2) is 43.2 Å². The number of fused-ring (bicyclic) bond motifs is 1. The smallest absolute Gasteiger partial charge is 0.264 e. The van der Waals surface area contributed by atoms with Crippen molar-refractivity contribution in [1.82, 2.24) is 4.90 Å². The largest absolute Gasteiger partial charge is 0.373 e. The van der Waals surface area contributed by atoms with Crippen LogP contribution in [0.4, 0.5) is 0 Å². The maximum Gasteiger partial charge on any atom is 0.264 e. The van der Waals surface area contributed by atoms with Crippen molar-refractivity contribution in [2.75, 3.05) is 26.2 Å². The van der Waals surface area contributed by atoms with E-state index in [0.29, 0.717) is 26.2 Å². The van der Waals surface area contributed by atoms with Crippen molar-refractivity contribution in [3.63, 3.8) is 0 Å². The molecule has 1 fully saturated rings. The summed E-state index contributed by atoms with van der Waals surface area (Å²) in [6.07, 6.45) is -0.0351. The molecule has 0 radical (unpaired) electrons. The maximum atomic E-state index is 12.5. The summed E-state index contributed by atoms with van der Waals surface area (Å²) in [5.41, 5.74) is 5.61. The van der Waals surface area contributed by atoms with Crippen LogP contribution >= 0.6 is 11.3 Å². The number of rotatable bonds is 2. The quantitative estimate of drug-likeness (QED) is 0.908. The van der Waals surface area contributed by atoms with Gasteiger partial charge in [-0.15, -0.1) is 11.3 Å². The summed E-state index contributed by atoms with van der Waals surface area (Å²) in [5, 5.41) is 1.12. The highest BCUT2D eigenvalue weighted by Crippen LogP contribution is 2.26. The number of amides is 1. The number of benzene rings is 1. The van der Waals surface area contributed by atoms with E-state index in [0.717, 1.165) is 15.0 Å². The van der Waals surface area contributed by atoms with Gasteiger partial charge in [0.2, 0.25) is 0 Å². The van der Waals surface area contributed by atoms with Gasteiger partial charge in [0.1, 0.15) is 0 Å². The lowest BCUT2D eigenvalue weighted by Crippen LogP contribution is -2.47. The van der Waals surface area contributed by atoms with Crippen LogP contribution in [0.15, 0.2) is 30.3 Å². The minimum Gasteiger partial charge on any atom is -0.373 e. The van der Waals surface area contributed by atoms with Gasteiger partial charge >= 0.3 is 0 Å². The van der Waals surface area contributed by atoms with Gasteiger partial charge in [-0.25, -0.2) is 0 Å². The lowest BCUT2D eigenvalue weighted by molar-refractivity contribution is -0.0165. The molecule has 0 saturated carbocycles. The molecule has 3 rings (SSSR count). The van der Waals surface area contributed by atoms with E-state index in [1.807, 2.05) is 35.2 Å². The molecule has 2 heterocycles. The van der Waals surface area contributed by atoms with Crippen LogP contribution < -0.4 is 5.73 Å². The molecule has 1 aliphatic rings. The van der Waals surface area contributed by atoms with E-state index in [-0.39, 0.29) is 12.0 Å². The molecule has 0 aliphatic carbocycles. The molecule has 0 bridgehead atoms. The van der Waals surface area contributed by atoms with Crippen LogP contribution in [0.5, 0.6) is 0 Å². The average molecular weight is 276 g/mol. The van der Waals surface area contributed by atoms with Crippen LogP contribution in [0.2, 0.25) is 0 Å². The van der Waals surface area contributed by atoms with E-state index in [4.69, 9.17) is 10.5 Å². The van der Waals surface area contributed by atoms with Crippen LogP contribution in [0.1, 0.15) is 9.67 Å². The summed E-state index contributed by atoms with van der Waals surface area (Å²) in [6, 6.07) is 10.0. The summed E-state index contributed by atoms with van der Waals surface area (Å²) in [6.45, 7) is 2.25. The second kappa shape index (κ2) is 5.28. The van der Waals surface area contributed by atoms with Crippen LogP contribution in [-0.2, 0) is 4.74 Å². The Labute approximate surface area is 115 Å². The number of morpholine rings is 1. The Kier molecular flexibility index (Phi) is 3.50. The molecule has 19 heavy (non-hydrogen) atoms. The molecule has 5 heteroatoms. The number of hydrogen-bond donors (Lipinski definition) is 1. The summed E-state index contributed by atoms with van der Waals surface area (Å²) in [4.78, 5) is 15.1. The second-order valence-corrected chi connectivity index (χ2v) is 5.71. The zero-order valence-electron chi connectivity index (χ0n) is 10.5. The highest BCUT2D eigenvalue weighted by Gasteiger charge is 2.25. The van der Waals surface area contributed by atoms with Crippen LogP contribution in [0.25, 0.3) is 10.1 Å². The van der Waals surface area contributed by atoms with Gasteiger partial charge in [0.25, 0.3) is 5.91 Å². The van der Waals surface area contributed by atoms with E-state index < -0.39 is 0 Å². The highest BCUT2D eigenvalue weighted by molar-refractivity contribution is 7.20. The fraction of sp³-hybridized carbons (Fsp3) is 0.357. The molecule has 1 atom stereocenters. The van der Waals surface area contributed by atoms with Gasteiger partial charge in [0, 0.05) is 24.3 Å². The van der Waals surface area contributed by atoms with Gasteiger partial charge in [-0.05, 0) is 17.5 Å². The fourth-order valence-corrected chi connectivity index (χ4v) is 3.32. The topological polar surface area (TPSA) is 55.6 Å². The van der Waals surface area contributed by atoms with Gasteiger partial charge in [0.15, 0.2) is 0 Å². The van der Waals surface area contributed by atoms with Gasteiger partial charge in [-0.1, -0.05) is 18.2 Å². The molecule has 2 aromatic rings. The van der Waals surface area contributed by atoms with E-state index in [1.54, 1.807) is 11.3 Å². The van der Waals surface area contributed by atoms with Crippen LogP contribution in [0, 0.1) is 0 Å². The van der Waals surface area contributed by atoms with Crippen LogP contribution in [0.3, 0.4) is 0 Å². The van der Waals surface area contributed by atoms with E-state index >= 15 is 0 Å². The van der Waals surface area contributed by atoms with Crippen molar-refractivity contribution >= 4 is 27.3 Å². The Morgan fingerprint density at radius 1 is 1.47 bits per heavy atom. The van der Waals surface area contributed by atoms with Crippen molar-refractivity contribution in [1.29, 1.82) is 0 Å². The molecular formula is C14H16N2O2S. The molecule has 1 aromatic heterocycles. The Morgan fingerprint density at radius 2 is 2.32 bits per heavy atom. The molecule has 0 spiro atoms. The lowest BCUT2D eigenvalue weighted by Gasteiger charge is -2.32. The van der Waals surface area contributed by atoms with E-state index in [9.17, 15) is 4.79 Å². The third-order valence-corrected chi connectivity index (χ3v) is 4.43. The monoisotopic (exact) mass is 276 g/mol. The predicted molar refractivity (Wildman–Crippen MR) is 76.5 cm³/mol. The molecule has 4 nitrogen and oxygen atoms in total. The number of nitrogens with zero attached hydrogens (tertiary/aromatic N) is 1. The van der Waals surface area contributed by atoms with Crippen molar-refractivity contribution in [2.24, 2.45) is 5.73 Å². The van der Waals surface area contributed by atoms with Crippen molar-refractivity contribution in [3.8, 4) is 0 Å².